The summed E-state index contributed by atoms with van der Waals surface area (Å²) in [6, 6.07) is 3.88. The third-order valence-electron chi connectivity index (χ3n) is 2.19. The normalized spacial score (nSPS) is 10.8. The fraction of sp³-hybridized carbons (Fsp3) is 0.200. The Morgan fingerprint density at radius 2 is 2.29 bits per heavy atom. The van der Waals surface area contributed by atoms with E-state index in [9.17, 15) is 0 Å². The van der Waals surface area contributed by atoms with Gasteiger partial charge >= 0.3 is 0 Å². The van der Waals surface area contributed by atoms with Crippen LogP contribution < -0.4 is 4.74 Å². The first-order valence-corrected chi connectivity index (χ1v) is 5.49. The first-order chi connectivity index (χ1) is 6.77. The lowest BCUT2D eigenvalue weighted by atomic mass is 10.2. The topological polar surface area (TPSA) is 25.0 Å². The van der Waals surface area contributed by atoms with Gasteiger partial charge in [-0.15, -0.1) is 11.6 Å². The molecule has 0 bridgehead atoms. The number of benzene rings is 1. The van der Waals surface area contributed by atoms with Crippen molar-refractivity contribution in [3.63, 3.8) is 0 Å². The van der Waals surface area contributed by atoms with Gasteiger partial charge in [-0.3, -0.25) is 0 Å². The monoisotopic (exact) mass is 273 g/mol. The van der Waals surface area contributed by atoms with Gasteiger partial charge in [-0.05, 0) is 17.7 Å². The standard InChI is InChI=1S/C10H9BrClNO/c1-14-8-3-2-7(11)9-6(4-12)5-13-10(8)9/h2-3,5,13H,4H2,1H3. The second-order valence-electron chi connectivity index (χ2n) is 2.95. The zero-order valence-electron chi connectivity index (χ0n) is 7.60. The molecular weight excluding hydrogens is 265 g/mol. The van der Waals surface area contributed by atoms with E-state index in [0.29, 0.717) is 5.88 Å². The number of fused-ring (bicyclic) bond motifs is 1. The van der Waals surface area contributed by atoms with Crippen LogP contribution in [0, 0.1) is 0 Å². The highest BCUT2D eigenvalue weighted by atomic mass is 79.9. The second kappa shape index (κ2) is 3.83. The van der Waals surface area contributed by atoms with Gasteiger partial charge in [0.1, 0.15) is 5.75 Å². The predicted molar refractivity (Wildman–Crippen MR) is 62.1 cm³/mol. The summed E-state index contributed by atoms with van der Waals surface area (Å²) in [5.41, 5.74) is 2.06. The molecule has 74 valence electrons. The van der Waals surface area contributed by atoms with Crippen molar-refractivity contribution in [2.75, 3.05) is 7.11 Å². The number of rotatable bonds is 2. The molecule has 0 fully saturated rings. The van der Waals surface area contributed by atoms with Crippen molar-refractivity contribution in [3.05, 3.63) is 28.4 Å². The largest absolute Gasteiger partial charge is 0.495 e. The van der Waals surface area contributed by atoms with E-state index in [1.165, 1.54) is 0 Å². The molecule has 0 aliphatic heterocycles. The minimum absolute atomic E-state index is 0.492. The van der Waals surface area contributed by atoms with Crippen molar-refractivity contribution in [2.45, 2.75) is 5.88 Å². The fourth-order valence-electron chi connectivity index (χ4n) is 1.52. The molecule has 0 aliphatic carbocycles. The molecule has 0 radical (unpaired) electrons. The lowest BCUT2D eigenvalue weighted by Gasteiger charge is -2.03. The summed E-state index contributed by atoms with van der Waals surface area (Å²) in [5, 5.41) is 1.10. The van der Waals surface area contributed by atoms with E-state index in [4.69, 9.17) is 16.3 Å². The number of halogens is 2. The van der Waals surface area contributed by atoms with Gasteiger partial charge in [0.25, 0.3) is 0 Å². The lowest BCUT2D eigenvalue weighted by Crippen LogP contribution is -1.84. The fourth-order valence-corrected chi connectivity index (χ4v) is 2.32. The highest BCUT2D eigenvalue weighted by Gasteiger charge is 2.10. The average Bonchev–Trinajstić information content (AvgIpc) is 2.63. The van der Waals surface area contributed by atoms with Crippen molar-refractivity contribution in [1.29, 1.82) is 0 Å². The van der Waals surface area contributed by atoms with Gasteiger partial charge in [0, 0.05) is 21.9 Å². The van der Waals surface area contributed by atoms with Gasteiger partial charge in [0.2, 0.25) is 0 Å². The second-order valence-corrected chi connectivity index (χ2v) is 4.07. The van der Waals surface area contributed by atoms with Crippen LogP contribution in [0.1, 0.15) is 5.56 Å². The van der Waals surface area contributed by atoms with Crippen LogP contribution in [0.3, 0.4) is 0 Å². The minimum Gasteiger partial charge on any atom is -0.495 e. The summed E-state index contributed by atoms with van der Waals surface area (Å²) >= 11 is 9.33. The van der Waals surface area contributed by atoms with Gasteiger partial charge < -0.3 is 9.72 Å². The zero-order valence-corrected chi connectivity index (χ0v) is 9.95. The van der Waals surface area contributed by atoms with Crippen LogP contribution in [0.5, 0.6) is 5.75 Å². The number of alkyl halides is 1. The van der Waals surface area contributed by atoms with Crippen molar-refractivity contribution < 1.29 is 4.74 Å². The maximum atomic E-state index is 5.83. The summed E-state index contributed by atoms with van der Waals surface area (Å²) in [6.45, 7) is 0. The number of aromatic amines is 1. The number of H-pyrrole nitrogens is 1. The minimum atomic E-state index is 0.492. The number of methoxy groups -OCH3 is 1. The Morgan fingerprint density at radius 1 is 1.50 bits per heavy atom. The highest BCUT2D eigenvalue weighted by molar-refractivity contribution is 9.10. The van der Waals surface area contributed by atoms with Crippen LogP contribution in [-0.2, 0) is 5.88 Å². The smallest absolute Gasteiger partial charge is 0.142 e. The summed E-state index contributed by atoms with van der Waals surface area (Å²) in [5.74, 6) is 1.32. The molecule has 1 aromatic heterocycles. The van der Waals surface area contributed by atoms with E-state index in [0.717, 1.165) is 26.7 Å². The number of hydrogen-bond donors (Lipinski definition) is 1. The Kier molecular flexibility index (Phi) is 2.70. The number of nitrogens with one attached hydrogen (secondary N) is 1. The summed E-state index contributed by atoms with van der Waals surface area (Å²) in [6.07, 6.45) is 1.91. The Hall–Kier alpha value is -0.670. The van der Waals surface area contributed by atoms with E-state index in [-0.39, 0.29) is 0 Å². The molecule has 2 aromatic rings. The van der Waals surface area contributed by atoms with Gasteiger partial charge in [0.05, 0.1) is 12.6 Å². The molecule has 1 heterocycles. The van der Waals surface area contributed by atoms with E-state index in [1.54, 1.807) is 7.11 Å². The molecule has 2 nitrogen and oxygen atoms in total. The summed E-state index contributed by atoms with van der Waals surface area (Å²) in [4.78, 5) is 3.16. The average molecular weight is 275 g/mol. The Bertz CT molecular complexity index is 466. The molecule has 0 spiro atoms. The maximum Gasteiger partial charge on any atom is 0.142 e. The molecule has 1 N–H and O–H groups in total. The predicted octanol–water partition coefficient (Wildman–Crippen LogP) is 3.68. The first-order valence-electron chi connectivity index (χ1n) is 4.16. The van der Waals surface area contributed by atoms with Crippen molar-refractivity contribution in [1.82, 2.24) is 4.98 Å². The van der Waals surface area contributed by atoms with Crippen LogP contribution in [0.25, 0.3) is 10.9 Å². The van der Waals surface area contributed by atoms with Gasteiger partial charge in [-0.2, -0.15) is 0 Å². The Labute approximate surface area is 95.3 Å². The van der Waals surface area contributed by atoms with Gasteiger partial charge in [-0.25, -0.2) is 0 Å². The van der Waals surface area contributed by atoms with Crippen molar-refractivity contribution in [3.8, 4) is 5.75 Å². The number of aromatic nitrogens is 1. The zero-order chi connectivity index (χ0) is 10.1. The van der Waals surface area contributed by atoms with E-state index < -0.39 is 0 Å². The van der Waals surface area contributed by atoms with E-state index >= 15 is 0 Å². The third kappa shape index (κ3) is 1.41. The van der Waals surface area contributed by atoms with Crippen LogP contribution >= 0.6 is 27.5 Å². The SMILES string of the molecule is COc1ccc(Br)c2c(CCl)c[nH]c12. The van der Waals surface area contributed by atoms with Gasteiger partial charge in [0.15, 0.2) is 0 Å². The quantitative estimate of drug-likeness (QED) is 0.830. The van der Waals surface area contributed by atoms with Crippen LogP contribution in [0.2, 0.25) is 0 Å². The molecule has 0 amide bonds. The van der Waals surface area contributed by atoms with Gasteiger partial charge in [-0.1, -0.05) is 15.9 Å². The maximum absolute atomic E-state index is 5.83. The Morgan fingerprint density at radius 3 is 2.93 bits per heavy atom. The number of hydrogen-bond acceptors (Lipinski definition) is 1. The third-order valence-corrected chi connectivity index (χ3v) is 3.14. The summed E-state index contributed by atoms with van der Waals surface area (Å²) < 4.78 is 6.28. The molecular formula is C10H9BrClNO. The molecule has 0 aliphatic rings. The molecule has 4 heteroatoms. The molecule has 14 heavy (non-hydrogen) atoms. The van der Waals surface area contributed by atoms with E-state index in [1.807, 2.05) is 18.3 Å². The van der Waals surface area contributed by atoms with Crippen LogP contribution in [0.15, 0.2) is 22.8 Å². The van der Waals surface area contributed by atoms with Crippen molar-refractivity contribution >= 4 is 38.4 Å². The lowest BCUT2D eigenvalue weighted by molar-refractivity contribution is 0.419. The molecule has 0 unspecified atom stereocenters. The molecule has 2 rings (SSSR count). The van der Waals surface area contributed by atoms with Crippen LogP contribution in [-0.4, -0.2) is 12.1 Å². The first kappa shape index (κ1) is 9.87. The molecule has 0 atom stereocenters. The van der Waals surface area contributed by atoms with Crippen molar-refractivity contribution in [2.24, 2.45) is 0 Å². The molecule has 1 aromatic carbocycles. The molecule has 0 saturated heterocycles. The van der Waals surface area contributed by atoms with E-state index in [2.05, 4.69) is 20.9 Å². The Balaban J connectivity index is 2.80. The summed E-state index contributed by atoms with van der Waals surface area (Å²) in [7, 11) is 1.66. The van der Waals surface area contributed by atoms with Crippen LogP contribution in [0.4, 0.5) is 0 Å². The molecule has 0 saturated carbocycles. The highest BCUT2D eigenvalue weighted by Crippen LogP contribution is 2.33. The number of ether oxygens (including phenoxy) is 1.